The van der Waals surface area contributed by atoms with Crippen LogP contribution in [-0.2, 0) is 25.7 Å². The van der Waals surface area contributed by atoms with Crippen LogP contribution in [0.4, 0.5) is 5.69 Å². The minimum atomic E-state index is -1.26. The van der Waals surface area contributed by atoms with Gasteiger partial charge in [-0.15, -0.1) is 13.2 Å². The van der Waals surface area contributed by atoms with E-state index < -0.39 is 35.1 Å². The molecule has 1 N–H and O–H groups in total. The third-order valence-corrected chi connectivity index (χ3v) is 10.7. The molecular formula is C37H46ClN3O5. The van der Waals surface area contributed by atoms with E-state index in [1.54, 1.807) is 32.9 Å². The normalized spacial score (nSPS) is 27.1. The van der Waals surface area contributed by atoms with Crippen LogP contribution in [-0.4, -0.2) is 75.6 Å². The molecule has 6 atom stereocenters. The largest absolute Gasteiger partial charge is 0.394 e. The lowest BCUT2D eigenvalue weighted by molar-refractivity contribution is -0.154. The molecule has 46 heavy (non-hydrogen) atoms. The first-order valence-corrected chi connectivity index (χ1v) is 16.6. The smallest absolute Gasteiger partial charge is 0.253 e. The molecule has 3 aliphatic rings. The third kappa shape index (κ3) is 5.38. The van der Waals surface area contributed by atoms with Gasteiger partial charge in [0.25, 0.3) is 5.91 Å². The van der Waals surface area contributed by atoms with E-state index in [2.05, 4.69) is 13.2 Å². The van der Waals surface area contributed by atoms with Gasteiger partial charge in [-0.3, -0.25) is 14.4 Å². The number of aliphatic hydroxyl groups is 1. The standard InChI is InChI=1S/C37H46ClN3O5/c1-7-20-39(22-26-15-11-10-12-16-26)33(43)29-30-34(44)41(28(23-42)24(4)5)32(37(30)19-18-36(29,9-3)46-37)35(45)40(21-8-2)31-25(6)14-13-17-27(31)38/h7-8,10-17,24,28-30,32,42H,1-2,9,18-23H2,3-6H3/t28-,29+,30-,32?,36-,37?/m0/s1. The molecular weight excluding hydrogens is 602 g/mol. The van der Waals surface area contributed by atoms with E-state index in [9.17, 15) is 14.7 Å². The lowest BCUT2D eigenvalue weighted by Crippen LogP contribution is -2.60. The number of fused-ring (bicyclic) bond motifs is 1. The number of rotatable bonds is 13. The molecule has 9 heteroatoms. The number of aliphatic hydroxyl groups excluding tert-OH is 1. The number of likely N-dealkylation sites (tertiary alicyclic amines) is 1. The second kappa shape index (κ2) is 13.3. The Balaban J connectivity index is 1.65. The van der Waals surface area contributed by atoms with Crippen LogP contribution in [0.25, 0.3) is 0 Å². The molecule has 0 saturated carbocycles. The van der Waals surface area contributed by atoms with Crippen LogP contribution in [0.3, 0.4) is 0 Å². The highest BCUT2D eigenvalue weighted by molar-refractivity contribution is 6.34. The van der Waals surface area contributed by atoms with Crippen LogP contribution in [0.1, 0.15) is 51.2 Å². The molecule has 3 saturated heterocycles. The van der Waals surface area contributed by atoms with Crippen molar-refractivity contribution in [3.05, 3.63) is 90.0 Å². The van der Waals surface area contributed by atoms with Gasteiger partial charge >= 0.3 is 0 Å². The van der Waals surface area contributed by atoms with Crippen molar-refractivity contribution in [1.29, 1.82) is 0 Å². The van der Waals surface area contributed by atoms with Crippen LogP contribution in [0, 0.1) is 24.7 Å². The summed E-state index contributed by atoms with van der Waals surface area (Å²) in [5, 5.41) is 11.1. The molecule has 0 radical (unpaired) electrons. The minimum Gasteiger partial charge on any atom is -0.394 e. The highest BCUT2D eigenvalue weighted by Crippen LogP contribution is 2.65. The van der Waals surface area contributed by atoms with Crippen LogP contribution in [0.2, 0.25) is 5.02 Å². The van der Waals surface area contributed by atoms with Gasteiger partial charge in [-0.25, -0.2) is 0 Å². The maximum atomic E-state index is 15.1. The molecule has 2 aromatic rings. The quantitative estimate of drug-likeness (QED) is 0.288. The number of hydrogen-bond donors (Lipinski definition) is 1. The maximum absolute atomic E-state index is 15.1. The molecule has 1 spiro atoms. The van der Waals surface area contributed by atoms with Gasteiger partial charge in [0.1, 0.15) is 11.6 Å². The van der Waals surface area contributed by atoms with E-state index in [1.165, 1.54) is 0 Å². The predicted molar refractivity (Wildman–Crippen MR) is 180 cm³/mol. The van der Waals surface area contributed by atoms with Gasteiger partial charge in [0.05, 0.1) is 40.8 Å². The fraction of sp³-hybridized carbons (Fsp3) is 0.486. The van der Waals surface area contributed by atoms with Crippen molar-refractivity contribution >= 4 is 35.0 Å². The van der Waals surface area contributed by atoms with Crippen molar-refractivity contribution in [2.24, 2.45) is 17.8 Å². The number of amides is 3. The number of carbonyl (C=O) groups is 3. The molecule has 3 amide bonds. The van der Waals surface area contributed by atoms with E-state index in [-0.39, 0.29) is 36.8 Å². The van der Waals surface area contributed by atoms with Gasteiger partial charge in [-0.05, 0) is 49.3 Å². The zero-order valence-electron chi connectivity index (χ0n) is 27.3. The lowest BCUT2D eigenvalue weighted by atomic mass is 9.64. The molecule has 2 bridgehead atoms. The summed E-state index contributed by atoms with van der Waals surface area (Å²) in [4.78, 5) is 49.5. The summed E-state index contributed by atoms with van der Waals surface area (Å²) in [6.07, 6.45) is 4.81. The van der Waals surface area contributed by atoms with E-state index in [4.69, 9.17) is 16.3 Å². The first kappa shape index (κ1) is 33.9. The average molecular weight is 648 g/mol. The Morgan fingerprint density at radius 3 is 2.37 bits per heavy atom. The lowest BCUT2D eigenvalue weighted by Gasteiger charge is -2.41. The van der Waals surface area contributed by atoms with Gasteiger partial charge in [0.15, 0.2) is 0 Å². The minimum absolute atomic E-state index is 0.152. The van der Waals surface area contributed by atoms with E-state index in [1.807, 2.05) is 70.2 Å². The Labute approximate surface area is 277 Å². The van der Waals surface area contributed by atoms with Crippen molar-refractivity contribution in [2.75, 3.05) is 24.6 Å². The maximum Gasteiger partial charge on any atom is 0.253 e. The van der Waals surface area contributed by atoms with Crippen molar-refractivity contribution < 1.29 is 24.2 Å². The molecule has 3 aliphatic heterocycles. The Morgan fingerprint density at radius 2 is 1.78 bits per heavy atom. The molecule has 0 aliphatic carbocycles. The van der Waals surface area contributed by atoms with E-state index in [0.717, 1.165) is 11.1 Å². The highest BCUT2D eigenvalue weighted by Gasteiger charge is 2.79. The van der Waals surface area contributed by atoms with Crippen molar-refractivity contribution in [3.8, 4) is 0 Å². The first-order valence-electron chi connectivity index (χ1n) is 16.3. The zero-order valence-corrected chi connectivity index (χ0v) is 28.1. The van der Waals surface area contributed by atoms with Gasteiger partial charge in [-0.1, -0.05) is 87.0 Å². The molecule has 3 fully saturated rings. The van der Waals surface area contributed by atoms with Crippen LogP contribution in [0.15, 0.2) is 73.8 Å². The average Bonchev–Trinajstić information content (AvgIpc) is 3.64. The monoisotopic (exact) mass is 647 g/mol. The number of para-hydroxylation sites is 1. The van der Waals surface area contributed by atoms with Crippen LogP contribution >= 0.6 is 11.6 Å². The van der Waals surface area contributed by atoms with E-state index >= 15 is 4.79 Å². The SMILES string of the molecule is C=CCN(Cc1ccccc1)C(=O)[C@H]1[C@H]2C(=O)N([C@@H](CO)C(C)C)C(C(=O)N(CC=C)c3c(C)cccc3Cl)C23CC[C@]1(CC)O3. The fourth-order valence-electron chi connectivity index (χ4n) is 8.21. The van der Waals surface area contributed by atoms with Crippen molar-refractivity contribution in [2.45, 2.75) is 76.8 Å². The van der Waals surface area contributed by atoms with Gasteiger partial charge < -0.3 is 24.5 Å². The topological polar surface area (TPSA) is 90.4 Å². The number of aryl methyl sites for hydroxylation is 1. The van der Waals surface area contributed by atoms with Crippen LogP contribution in [0.5, 0.6) is 0 Å². The summed E-state index contributed by atoms with van der Waals surface area (Å²) in [5.74, 6) is -2.74. The second-order valence-electron chi connectivity index (χ2n) is 13.2. The number of halogens is 1. The van der Waals surface area contributed by atoms with Crippen molar-refractivity contribution in [1.82, 2.24) is 9.80 Å². The van der Waals surface area contributed by atoms with Crippen molar-refractivity contribution in [3.63, 3.8) is 0 Å². The highest BCUT2D eigenvalue weighted by atomic mass is 35.5. The number of ether oxygens (including phenoxy) is 1. The second-order valence-corrected chi connectivity index (χ2v) is 13.6. The fourth-order valence-corrected chi connectivity index (χ4v) is 8.53. The van der Waals surface area contributed by atoms with Gasteiger partial charge in [0, 0.05) is 19.6 Å². The molecule has 246 valence electrons. The number of nitrogens with zero attached hydrogens (tertiary/aromatic N) is 3. The summed E-state index contributed by atoms with van der Waals surface area (Å²) >= 11 is 6.71. The Morgan fingerprint density at radius 1 is 1.09 bits per heavy atom. The summed E-state index contributed by atoms with van der Waals surface area (Å²) in [7, 11) is 0. The molecule has 2 aromatic carbocycles. The summed E-state index contributed by atoms with van der Waals surface area (Å²) in [6.45, 7) is 16.0. The molecule has 2 unspecified atom stereocenters. The molecule has 8 nitrogen and oxygen atoms in total. The number of carbonyl (C=O) groups excluding carboxylic acids is 3. The predicted octanol–water partition coefficient (Wildman–Crippen LogP) is 5.55. The Bertz CT molecular complexity index is 1480. The molecule has 5 rings (SSSR count). The van der Waals surface area contributed by atoms with Gasteiger partial charge in [-0.2, -0.15) is 0 Å². The Hall–Kier alpha value is -3.46. The van der Waals surface area contributed by atoms with E-state index in [0.29, 0.717) is 43.1 Å². The third-order valence-electron chi connectivity index (χ3n) is 10.3. The molecule has 3 heterocycles. The summed E-state index contributed by atoms with van der Waals surface area (Å²) < 4.78 is 7.04. The first-order chi connectivity index (χ1) is 22.0. The molecule has 0 aromatic heterocycles. The number of hydrogen-bond acceptors (Lipinski definition) is 5. The number of benzene rings is 2. The van der Waals surface area contributed by atoms with Gasteiger partial charge in [0.2, 0.25) is 11.8 Å². The summed E-state index contributed by atoms with van der Waals surface area (Å²) in [5.41, 5.74) is 0.134. The Kier molecular flexibility index (Phi) is 9.83. The number of anilines is 1. The summed E-state index contributed by atoms with van der Waals surface area (Å²) in [6, 6.07) is 13.4. The van der Waals surface area contributed by atoms with Crippen LogP contribution < -0.4 is 4.90 Å². The zero-order chi connectivity index (χ0) is 33.4.